The van der Waals surface area contributed by atoms with Crippen LogP contribution in [0.25, 0.3) is 0 Å². The first kappa shape index (κ1) is 11.1. The average molecular weight is 214 g/mol. The number of nitrogens with one attached hydrogen (secondary N) is 1. The molecule has 78 valence electrons. The lowest BCUT2D eigenvalue weighted by Crippen LogP contribution is -2.36. The standard InChI is InChI=1S/C8H14N4OS/c1-5(2)6-7(14-11-10-6)8(13)12(4)9-3/h5,9H,1-4H3. The zero-order chi connectivity index (χ0) is 10.7. The molecule has 0 saturated heterocycles. The Labute approximate surface area is 87.3 Å². The predicted octanol–water partition coefficient (Wildman–Crippen LogP) is 0.868. The molecule has 0 atom stereocenters. The van der Waals surface area contributed by atoms with Gasteiger partial charge in [-0.3, -0.25) is 9.80 Å². The summed E-state index contributed by atoms with van der Waals surface area (Å²) < 4.78 is 3.80. The van der Waals surface area contributed by atoms with Gasteiger partial charge in [0.05, 0.1) is 5.69 Å². The molecule has 0 aliphatic carbocycles. The highest BCUT2D eigenvalue weighted by molar-refractivity contribution is 7.08. The first-order valence-electron chi connectivity index (χ1n) is 4.35. The summed E-state index contributed by atoms with van der Waals surface area (Å²) in [4.78, 5) is 12.4. The molecule has 1 N–H and O–H groups in total. The van der Waals surface area contributed by atoms with Gasteiger partial charge in [-0.05, 0) is 17.5 Å². The van der Waals surface area contributed by atoms with Crippen molar-refractivity contribution in [2.45, 2.75) is 19.8 Å². The topological polar surface area (TPSA) is 58.1 Å². The van der Waals surface area contributed by atoms with Crippen molar-refractivity contribution >= 4 is 17.4 Å². The Kier molecular flexibility index (Phi) is 3.54. The SMILES string of the molecule is CNN(C)C(=O)c1snnc1C(C)C. The van der Waals surface area contributed by atoms with Crippen LogP contribution in [0, 0.1) is 0 Å². The van der Waals surface area contributed by atoms with Crippen LogP contribution in [-0.2, 0) is 0 Å². The highest BCUT2D eigenvalue weighted by Gasteiger charge is 2.20. The van der Waals surface area contributed by atoms with Crippen LogP contribution in [0.1, 0.15) is 35.1 Å². The Bertz CT molecular complexity index is 323. The molecule has 0 radical (unpaired) electrons. The second kappa shape index (κ2) is 4.47. The molecular formula is C8H14N4OS. The highest BCUT2D eigenvalue weighted by Crippen LogP contribution is 2.20. The lowest BCUT2D eigenvalue weighted by Gasteiger charge is -2.14. The Morgan fingerprint density at radius 3 is 2.71 bits per heavy atom. The van der Waals surface area contributed by atoms with E-state index in [9.17, 15) is 4.79 Å². The monoisotopic (exact) mass is 214 g/mol. The fraction of sp³-hybridized carbons (Fsp3) is 0.625. The van der Waals surface area contributed by atoms with E-state index in [1.165, 1.54) is 5.01 Å². The highest BCUT2D eigenvalue weighted by atomic mass is 32.1. The van der Waals surface area contributed by atoms with Gasteiger partial charge in [-0.1, -0.05) is 18.3 Å². The van der Waals surface area contributed by atoms with E-state index in [1.807, 2.05) is 13.8 Å². The normalized spacial score (nSPS) is 10.6. The molecular weight excluding hydrogens is 200 g/mol. The number of rotatable bonds is 3. The molecule has 0 spiro atoms. The molecule has 0 aromatic carbocycles. The minimum atomic E-state index is -0.0915. The molecule has 14 heavy (non-hydrogen) atoms. The van der Waals surface area contributed by atoms with Gasteiger partial charge in [0.25, 0.3) is 5.91 Å². The molecule has 1 aromatic rings. The number of amides is 1. The van der Waals surface area contributed by atoms with Gasteiger partial charge in [0.1, 0.15) is 4.88 Å². The van der Waals surface area contributed by atoms with Crippen LogP contribution < -0.4 is 5.43 Å². The molecule has 0 bridgehead atoms. The third-order valence-corrected chi connectivity index (χ3v) is 2.62. The van der Waals surface area contributed by atoms with Crippen LogP contribution >= 0.6 is 11.5 Å². The van der Waals surface area contributed by atoms with Crippen molar-refractivity contribution in [2.75, 3.05) is 14.1 Å². The summed E-state index contributed by atoms with van der Waals surface area (Å²) in [7, 11) is 3.37. The molecule has 0 saturated carbocycles. The van der Waals surface area contributed by atoms with Crippen molar-refractivity contribution in [3.8, 4) is 0 Å². The number of nitrogens with zero attached hydrogens (tertiary/aromatic N) is 3. The molecule has 1 aromatic heterocycles. The van der Waals surface area contributed by atoms with Gasteiger partial charge in [-0.15, -0.1) is 5.10 Å². The van der Waals surface area contributed by atoms with Gasteiger partial charge in [0.15, 0.2) is 0 Å². The van der Waals surface area contributed by atoms with Crippen LogP contribution in [0.15, 0.2) is 0 Å². The first-order chi connectivity index (χ1) is 6.57. The second-order valence-electron chi connectivity index (χ2n) is 3.23. The fourth-order valence-electron chi connectivity index (χ4n) is 0.978. The summed E-state index contributed by atoms with van der Waals surface area (Å²) in [6, 6.07) is 0. The van der Waals surface area contributed by atoms with E-state index in [-0.39, 0.29) is 11.8 Å². The van der Waals surface area contributed by atoms with E-state index in [2.05, 4.69) is 15.0 Å². The Balaban J connectivity index is 2.95. The number of hydrogen-bond acceptors (Lipinski definition) is 5. The van der Waals surface area contributed by atoms with Gasteiger partial charge < -0.3 is 0 Å². The van der Waals surface area contributed by atoms with Crippen LogP contribution in [0.2, 0.25) is 0 Å². The van der Waals surface area contributed by atoms with Crippen molar-refractivity contribution in [1.82, 2.24) is 20.0 Å². The maximum atomic E-state index is 11.8. The summed E-state index contributed by atoms with van der Waals surface area (Å²) in [5.41, 5.74) is 3.52. The van der Waals surface area contributed by atoms with Crippen LogP contribution in [0.3, 0.4) is 0 Å². The van der Waals surface area contributed by atoms with Crippen molar-refractivity contribution in [3.63, 3.8) is 0 Å². The largest absolute Gasteiger partial charge is 0.281 e. The van der Waals surface area contributed by atoms with Crippen molar-refractivity contribution in [3.05, 3.63) is 10.6 Å². The molecule has 1 rings (SSSR count). The number of aromatic nitrogens is 2. The minimum absolute atomic E-state index is 0.0915. The molecule has 0 unspecified atom stereocenters. The number of hydrogen-bond donors (Lipinski definition) is 1. The summed E-state index contributed by atoms with van der Waals surface area (Å²) in [6.45, 7) is 3.99. The lowest BCUT2D eigenvalue weighted by atomic mass is 10.1. The van der Waals surface area contributed by atoms with Gasteiger partial charge in [0, 0.05) is 14.1 Å². The molecule has 0 fully saturated rings. The van der Waals surface area contributed by atoms with Gasteiger partial charge in [0.2, 0.25) is 0 Å². The third kappa shape index (κ3) is 2.08. The zero-order valence-electron chi connectivity index (χ0n) is 8.74. The Hall–Kier alpha value is -1.01. The lowest BCUT2D eigenvalue weighted by molar-refractivity contribution is 0.0738. The van der Waals surface area contributed by atoms with Crippen LogP contribution in [0.4, 0.5) is 0 Å². The van der Waals surface area contributed by atoms with Gasteiger partial charge in [-0.2, -0.15) is 0 Å². The van der Waals surface area contributed by atoms with Crippen LogP contribution in [-0.4, -0.2) is 34.6 Å². The van der Waals surface area contributed by atoms with Gasteiger partial charge >= 0.3 is 0 Å². The maximum Gasteiger partial charge on any atom is 0.281 e. The van der Waals surface area contributed by atoms with Crippen LogP contribution in [0.5, 0.6) is 0 Å². The fourth-order valence-corrected chi connectivity index (χ4v) is 1.77. The predicted molar refractivity (Wildman–Crippen MR) is 55.2 cm³/mol. The quantitative estimate of drug-likeness (QED) is 0.758. The zero-order valence-corrected chi connectivity index (χ0v) is 9.55. The van der Waals surface area contributed by atoms with E-state index in [0.717, 1.165) is 17.2 Å². The molecule has 1 heterocycles. The smallest absolute Gasteiger partial charge is 0.276 e. The molecule has 6 heteroatoms. The van der Waals surface area contributed by atoms with E-state index < -0.39 is 0 Å². The maximum absolute atomic E-state index is 11.8. The average Bonchev–Trinajstić information content (AvgIpc) is 2.63. The Morgan fingerprint density at radius 1 is 1.57 bits per heavy atom. The first-order valence-corrected chi connectivity index (χ1v) is 5.13. The molecule has 5 nitrogen and oxygen atoms in total. The van der Waals surface area contributed by atoms with Crippen molar-refractivity contribution < 1.29 is 4.79 Å². The van der Waals surface area contributed by atoms with E-state index >= 15 is 0 Å². The summed E-state index contributed by atoms with van der Waals surface area (Å²) in [6.07, 6.45) is 0. The third-order valence-electron chi connectivity index (χ3n) is 1.89. The van der Waals surface area contributed by atoms with Crippen molar-refractivity contribution in [2.24, 2.45) is 0 Å². The summed E-state index contributed by atoms with van der Waals surface area (Å²) in [5, 5.41) is 5.36. The van der Waals surface area contributed by atoms with E-state index in [0.29, 0.717) is 4.88 Å². The Morgan fingerprint density at radius 2 is 2.21 bits per heavy atom. The summed E-state index contributed by atoms with van der Waals surface area (Å²) >= 11 is 1.14. The molecule has 1 amide bonds. The summed E-state index contributed by atoms with van der Waals surface area (Å²) in [5.74, 6) is 0.129. The van der Waals surface area contributed by atoms with Crippen molar-refractivity contribution in [1.29, 1.82) is 0 Å². The molecule has 0 aliphatic rings. The number of carbonyl (C=O) groups is 1. The van der Waals surface area contributed by atoms with Gasteiger partial charge in [-0.25, -0.2) is 5.43 Å². The minimum Gasteiger partial charge on any atom is -0.276 e. The van der Waals surface area contributed by atoms with E-state index in [1.54, 1.807) is 14.1 Å². The van der Waals surface area contributed by atoms with E-state index in [4.69, 9.17) is 0 Å². The number of hydrazine groups is 1. The molecule has 0 aliphatic heterocycles. The number of carbonyl (C=O) groups excluding carboxylic acids is 1. The second-order valence-corrected chi connectivity index (χ2v) is 3.98.